The van der Waals surface area contributed by atoms with Gasteiger partial charge in [0, 0.05) is 18.0 Å². The predicted molar refractivity (Wildman–Crippen MR) is 41.4 cm³/mol. The van der Waals surface area contributed by atoms with Crippen molar-refractivity contribution in [1.29, 1.82) is 0 Å². The molecular weight excluding hydrogens is 122 g/mol. The van der Waals surface area contributed by atoms with Crippen molar-refractivity contribution in [2.45, 2.75) is 13.3 Å². The van der Waals surface area contributed by atoms with Crippen LogP contribution in [-0.2, 0) is 0 Å². The molecule has 0 atom stereocenters. The molecule has 51 valence electrons. The fourth-order valence-corrected chi connectivity index (χ4v) is 0.668. The van der Waals surface area contributed by atoms with E-state index in [1.165, 1.54) is 0 Å². The molecule has 0 unspecified atom stereocenters. The van der Waals surface area contributed by atoms with Gasteiger partial charge in [-0.2, -0.15) is 0 Å². The van der Waals surface area contributed by atoms with Gasteiger partial charge in [0.15, 0.2) is 0 Å². The van der Waals surface area contributed by atoms with E-state index >= 15 is 0 Å². The number of allylic oxidation sites excluding steroid dienone is 1. The minimum atomic E-state index is 1.02. The Hall–Kier alpha value is -1.11. The number of pyridine rings is 1. The first-order valence-corrected chi connectivity index (χ1v) is 3.41. The van der Waals surface area contributed by atoms with Crippen LogP contribution in [-0.4, -0.2) is 4.98 Å². The van der Waals surface area contributed by atoms with Gasteiger partial charge in [-0.25, -0.2) is 0 Å². The van der Waals surface area contributed by atoms with E-state index in [0.717, 1.165) is 12.0 Å². The zero-order valence-corrected chi connectivity index (χ0v) is 6.04. The molecule has 1 heteroatoms. The average Bonchev–Trinajstić information content (AvgIpc) is 2.03. The first-order chi connectivity index (χ1) is 4.93. The molecular formula is C9H10N. The van der Waals surface area contributed by atoms with Gasteiger partial charge in [0.05, 0.1) is 0 Å². The van der Waals surface area contributed by atoms with Gasteiger partial charge in [-0.3, -0.25) is 4.98 Å². The summed E-state index contributed by atoms with van der Waals surface area (Å²) < 4.78 is 0. The van der Waals surface area contributed by atoms with Crippen LogP contribution < -0.4 is 0 Å². The highest BCUT2D eigenvalue weighted by molar-refractivity contribution is 5.16. The summed E-state index contributed by atoms with van der Waals surface area (Å²) in [7, 11) is 0. The normalized spacial score (nSPS) is 10.5. The lowest BCUT2D eigenvalue weighted by Crippen LogP contribution is -1.74. The van der Waals surface area contributed by atoms with Crippen LogP contribution in [0.1, 0.15) is 18.9 Å². The number of aromatic nitrogens is 1. The average molecular weight is 132 g/mol. The van der Waals surface area contributed by atoms with Crippen molar-refractivity contribution >= 4 is 0 Å². The minimum Gasteiger partial charge on any atom is -0.264 e. The molecule has 0 bridgehead atoms. The van der Waals surface area contributed by atoms with E-state index in [9.17, 15) is 0 Å². The van der Waals surface area contributed by atoms with Gasteiger partial charge >= 0.3 is 0 Å². The monoisotopic (exact) mass is 132 g/mol. The molecule has 10 heavy (non-hydrogen) atoms. The second kappa shape index (κ2) is 3.83. The summed E-state index contributed by atoms with van der Waals surface area (Å²) in [6, 6.07) is 3.89. The van der Waals surface area contributed by atoms with Crippen LogP contribution in [0.3, 0.4) is 0 Å². The van der Waals surface area contributed by atoms with E-state index in [-0.39, 0.29) is 0 Å². The zero-order valence-electron chi connectivity index (χ0n) is 6.04. The first kappa shape index (κ1) is 7.00. The lowest BCUT2D eigenvalue weighted by Gasteiger charge is -1.86. The molecule has 0 amide bonds. The van der Waals surface area contributed by atoms with Gasteiger partial charge in [-0.05, 0) is 18.6 Å². The molecule has 1 heterocycles. The zero-order chi connectivity index (χ0) is 7.23. The number of hydrogen-bond acceptors (Lipinski definition) is 1. The second-order valence-electron chi connectivity index (χ2n) is 2.00. The van der Waals surface area contributed by atoms with Crippen molar-refractivity contribution in [3.63, 3.8) is 0 Å². The fraction of sp³-hybridized carbons (Fsp3) is 0.222. The molecule has 1 aromatic heterocycles. The van der Waals surface area contributed by atoms with Gasteiger partial charge < -0.3 is 0 Å². The van der Waals surface area contributed by atoms with E-state index in [0.29, 0.717) is 0 Å². The first-order valence-electron chi connectivity index (χ1n) is 3.41. The molecule has 0 saturated heterocycles. The van der Waals surface area contributed by atoms with Crippen molar-refractivity contribution in [3.8, 4) is 0 Å². The lowest BCUT2D eigenvalue weighted by molar-refractivity contribution is 1.20. The Kier molecular flexibility index (Phi) is 2.68. The Morgan fingerprint density at radius 1 is 1.70 bits per heavy atom. The van der Waals surface area contributed by atoms with Gasteiger partial charge in [-0.15, -0.1) is 0 Å². The molecule has 0 N–H and O–H groups in total. The van der Waals surface area contributed by atoms with E-state index in [2.05, 4.69) is 18.0 Å². The summed E-state index contributed by atoms with van der Waals surface area (Å²) >= 11 is 0. The van der Waals surface area contributed by atoms with Gasteiger partial charge in [0.1, 0.15) is 0 Å². The largest absolute Gasteiger partial charge is 0.264 e. The van der Waals surface area contributed by atoms with Crippen LogP contribution >= 0.6 is 0 Å². The topological polar surface area (TPSA) is 12.9 Å². The van der Waals surface area contributed by atoms with Crippen LogP contribution in [0.5, 0.6) is 0 Å². The fourth-order valence-electron chi connectivity index (χ4n) is 0.668. The standard InChI is InChI=1S/C9H10N/c1-2-3-5-9-6-4-7-10-8-9/h3-4,6-8H,2H2,1H3. The summed E-state index contributed by atoms with van der Waals surface area (Å²) in [4.78, 5) is 3.96. The molecule has 1 radical (unpaired) electrons. The maximum Gasteiger partial charge on any atom is 0.0346 e. The highest BCUT2D eigenvalue weighted by Gasteiger charge is 1.81. The predicted octanol–water partition coefficient (Wildman–Crippen LogP) is 2.20. The molecule has 0 aliphatic rings. The third-order valence-electron chi connectivity index (χ3n) is 1.13. The summed E-state index contributed by atoms with van der Waals surface area (Å²) in [5.41, 5.74) is 1.05. The Labute approximate surface area is 61.4 Å². The van der Waals surface area contributed by atoms with Crippen LogP contribution in [0.25, 0.3) is 0 Å². The molecule has 0 aliphatic carbocycles. The SMILES string of the molecule is CC/C=[C]/c1cccnc1. The van der Waals surface area contributed by atoms with Crippen molar-refractivity contribution < 1.29 is 0 Å². The molecule has 0 fully saturated rings. The Morgan fingerprint density at radius 2 is 2.60 bits per heavy atom. The highest BCUT2D eigenvalue weighted by atomic mass is 14.6. The Bertz CT molecular complexity index is 201. The minimum absolute atomic E-state index is 1.02. The van der Waals surface area contributed by atoms with Crippen LogP contribution in [0, 0.1) is 6.08 Å². The van der Waals surface area contributed by atoms with Gasteiger partial charge in [-0.1, -0.05) is 19.1 Å². The van der Waals surface area contributed by atoms with E-state index in [1.807, 2.05) is 18.2 Å². The summed E-state index contributed by atoms with van der Waals surface area (Å²) in [5, 5.41) is 0. The molecule has 0 saturated carbocycles. The lowest BCUT2D eigenvalue weighted by atomic mass is 10.2. The van der Waals surface area contributed by atoms with Crippen LogP contribution in [0.4, 0.5) is 0 Å². The van der Waals surface area contributed by atoms with Gasteiger partial charge in [0.25, 0.3) is 0 Å². The van der Waals surface area contributed by atoms with Crippen molar-refractivity contribution in [1.82, 2.24) is 4.98 Å². The van der Waals surface area contributed by atoms with E-state index < -0.39 is 0 Å². The van der Waals surface area contributed by atoms with Crippen LogP contribution in [0.15, 0.2) is 30.6 Å². The smallest absolute Gasteiger partial charge is 0.0346 e. The van der Waals surface area contributed by atoms with Crippen LogP contribution in [0.2, 0.25) is 0 Å². The summed E-state index contributed by atoms with van der Waals surface area (Å²) in [5.74, 6) is 0. The Morgan fingerprint density at radius 3 is 3.20 bits per heavy atom. The molecule has 0 aliphatic heterocycles. The number of nitrogens with zero attached hydrogens (tertiary/aromatic N) is 1. The van der Waals surface area contributed by atoms with E-state index in [4.69, 9.17) is 0 Å². The molecule has 0 aromatic carbocycles. The third-order valence-corrected chi connectivity index (χ3v) is 1.13. The molecule has 0 spiro atoms. The Balaban J connectivity index is 2.67. The third kappa shape index (κ3) is 2.02. The maximum absolute atomic E-state index is 3.96. The molecule has 1 rings (SSSR count). The second-order valence-corrected chi connectivity index (χ2v) is 2.00. The van der Waals surface area contributed by atoms with Crippen molar-refractivity contribution in [2.24, 2.45) is 0 Å². The number of hydrogen-bond donors (Lipinski definition) is 0. The molecule has 1 aromatic rings. The quantitative estimate of drug-likeness (QED) is 0.601. The van der Waals surface area contributed by atoms with Crippen molar-refractivity contribution in [3.05, 3.63) is 42.2 Å². The van der Waals surface area contributed by atoms with Crippen molar-refractivity contribution in [2.75, 3.05) is 0 Å². The highest BCUT2D eigenvalue weighted by Crippen LogP contribution is 1.95. The summed E-state index contributed by atoms with van der Waals surface area (Å²) in [6.45, 7) is 2.09. The maximum atomic E-state index is 3.96. The number of rotatable bonds is 2. The molecule has 1 nitrogen and oxygen atoms in total. The van der Waals surface area contributed by atoms with Gasteiger partial charge in [0.2, 0.25) is 0 Å². The summed E-state index contributed by atoms with van der Waals surface area (Å²) in [6.07, 6.45) is 9.69. The van der Waals surface area contributed by atoms with E-state index in [1.54, 1.807) is 12.4 Å².